The first-order chi connectivity index (χ1) is 8.43. The molecular weight excluding hydrogens is 226 g/mol. The molecule has 2 aromatic rings. The second-order valence-corrected chi connectivity index (χ2v) is 5.39. The monoisotopic (exact) mass is 243 g/mol. The number of aryl methyl sites for hydroxylation is 1. The number of hydrogen-bond acceptors (Lipinski definition) is 3. The molecule has 0 unspecified atom stereocenters. The molecule has 0 amide bonds. The van der Waals surface area contributed by atoms with E-state index in [1.165, 1.54) is 5.56 Å². The Labute approximate surface area is 107 Å². The van der Waals surface area contributed by atoms with E-state index >= 15 is 0 Å². The number of benzene rings is 1. The molecule has 0 aliphatic carbocycles. The topological polar surface area (TPSA) is 47.8 Å². The Bertz CT molecular complexity index is 562. The molecule has 1 aromatic carbocycles. The molecule has 0 fully saturated rings. The van der Waals surface area contributed by atoms with E-state index in [0.717, 1.165) is 17.5 Å². The zero-order valence-corrected chi connectivity index (χ0v) is 11.1. The first-order valence-corrected chi connectivity index (χ1v) is 5.89. The van der Waals surface area contributed by atoms with E-state index in [0.29, 0.717) is 5.69 Å². The zero-order valence-electron chi connectivity index (χ0n) is 11.1. The van der Waals surface area contributed by atoms with E-state index in [1.54, 1.807) is 11.7 Å². The molecule has 0 aliphatic rings. The predicted molar refractivity (Wildman–Crippen MR) is 70.5 cm³/mol. The van der Waals surface area contributed by atoms with Gasteiger partial charge in [0.05, 0.1) is 5.69 Å². The number of aldehydes is 1. The predicted octanol–water partition coefficient (Wildman–Crippen LogP) is 2.59. The average molecular weight is 243 g/mol. The fourth-order valence-electron chi connectivity index (χ4n) is 1.92. The Hall–Kier alpha value is -1.97. The van der Waals surface area contributed by atoms with Crippen molar-refractivity contribution >= 4 is 6.29 Å². The quantitative estimate of drug-likeness (QED) is 0.762. The highest BCUT2D eigenvalue weighted by Crippen LogP contribution is 2.26. The standard InChI is InChI=1S/C14H17N3O/c1-14(2,3)11-7-5-10(6-8-11)13-12(9-18)15-16-17(13)4/h5-9H,1-4H3. The number of carbonyl (C=O) groups excluding carboxylic acids is 1. The summed E-state index contributed by atoms with van der Waals surface area (Å²) in [6.07, 6.45) is 0.736. The first-order valence-electron chi connectivity index (χ1n) is 5.89. The van der Waals surface area contributed by atoms with Crippen LogP contribution in [0.15, 0.2) is 24.3 Å². The minimum atomic E-state index is 0.122. The maximum atomic E-state index is 10.9. The molecule has 0 N–H and O–H groups in total. The van der Waals surface area contributed by atoms with Crippen molar-refractivity contribution in [1.29, 1.82) is 0 Å². The third-order valence-corrected chi connectivity index (χ3v) is 2.99. The van der Waals surface area contributed by atoms with Crippen LogP contribution in [0.5, 0.6) is 0 Å². The highest BCUT2D eigenvalue weighted by molar-refractivity contribution is 5.83. The van der Waals surface area contributed by atoms with Gasteiger partial charge in [0.1, 0.15) is 0 Å². The van der Waals surface area contributed by atoms with Gasteiger partial charge in [-0.25, -0.2) is 4.68 Å². The highest BCUT2D eigenvalue weighted by Gasteiger charge is 2.15. The zero-order chi connectivity index (χ0) is 13.3. The second kappa shape index (κ2) is 4.37. The first kappa shape index (κ1) is 12.5. The van der Waals surface area contributed by atoms with Crippen molar-refractivity contribution in [3.8, 4) is 11.3 Å². The van der Waals surface area contributed by atoms with Crippen LogP contribution in [0.25, 0.3) is 11.3 Å². The van der Waals surface area contributed by atoms with Crippen LogP contribution in [0.1, 0.15) is 36.8 Å². The van der Waals surface area contributed by atoms with Crippen LogP contribution in [-0.4, -0.2) is 21.3 Å². The summed E-state index contributed by atoms with van der Waals surface area (Å²) >= 11 is 0. The summed E-state index contributed by atoms with van der Waals surface area (Å²) in [5, 5.41) is 7.70. The van der Waals surface area contributed by atoms with Crippen molar-refractivity contribution in [1.82, 2.24) is 15.0 Å². The summed E-state index contributed by atoms with van der Waals surface area (Å²) in [7, 11) is 1.78. The minimum Gasteiger partial charge on any atom is -0.296 e. The van der Waals surface area contributed by atoms with Gasteiger partial charge in [-0.2, -0.15) is 0 Å². The van der Waals surface area contributed by atoms with Crippen LogP contribution < -0.4 is 0 Å². The van der Waals surface area contributed by atoms with Crippen molar-refractivity contribution in [3.05, 3.63) is 35.5 Å². The highest BCUT2D eigenvalue weighted by atomic mass is 16.1. The molecular formula is C14H17N3O. The van der Waals surface area contributed by atoms with E-state index in [2.05, 4.69) is 43.2 Å². The largest absolute Gasteiger partial charge is 0.296 e. The van der Waals surface area contributed by atoms with Gasteiger partial charge in [-0.3, -0.25) is 4.79 Å². The summed E-state index contributed by atoms with van der Waals surface area (Å²) in [4.78, 5) is 10.9. The molecule has 18 heavy (non-hydrogen) atoms. The SMILES string of the molecule is Cn1nnc(C=O)c1-c1ccc(C(C)(C)C)cc1. The minimum absolute atomic E-state index is 0.122. The lowest BCUT2D eigenvalue weighted by Gasteiger charge is -2.19. The van der Waals surface area contributed by atoms with Crippen LogP contribution in [-0.2, 0) is 12.5 Å². The van der Waals surface area contributed by atoms with E-state index in [-0.39, 0.29) is 5.41 Å². The van der Waals surface area contributed by atoms with Crippen molar-refractivity contribution in [2.45, 2.75) is 26.2 Å². The van der Waals surface area contributed by atoms with Crippen LogP contribution in [0.2, 0.25) is 0 Å². The van der Waals surface area contributed by atoms with Crippen LogP contribution in [0.3, 0.4) is 0 Å². The van der Waals surface area contributed by atoms with Gasteiger partial charge >= 0.3 is 0 Å². The van der Waals surface area contributed by atoms with E-state index < -0.39 is 0 Å². The molecule has 94 valence electrons. The van der Waals surface area contributed by atoms with Gasteiger partial charge in [-0.15, -0.1) is 5.10 Å². The average Bonchev–Trinajstić information content (AvgIpc) is 2.69. The second-order valence-electron chi connectivity index (χ2n) is 5.39. The van der Waals surface area contributed by atoms with Crippen LogP contribution in [0.4, 0.5) is 0 Å². The molecule has 0 saturated heterocycles. The van der Waals surface area contributed by atoms with E-state index in [4.69, 9.17) is 0 Å². The third-order valence-electron chi connectivity index (χ3n) is 2.99. The summed E-state index contributed by atoms with van der Waals surface area (Å²) in [6, 6.07) is 8.17. The molecule has 0 radical (unpaired) electrons. The number of carbonyl (C=O) groups is 1. The molecule has 0 saturated carbocycles. The van der Waals surface area contributed by atoms with Gasteiger partial charge in [0.25, 0.3) is 0 Å². The number of aromatic nitrogens is 3. The van der Waals surface area contributed by atoms with Gasteiger partial charge in [0.15, 0.2) is 12.0 Å². The van der Waals surface area contributed by atoms with Crippen molar-refractivity contribution in [2.24, 2.45) is 7.05 Å². The van der Waals surface area contributed by atoms with Gasteiger partial charge in [0, 0.05) is 12.6 Å². The van der Waals surface area contributed by atoms with Crippen molar-refractivity contribution in [3.63, 3.8) is 0 Å². The fourth-order valence-corrected chi connectivity index (χ4v) is 1.92. The number of hydrogen-bond donors (Lipinski definition) is 0. The fraction of sp³-hybridized carbons (Fsp3) is 0.357. The van der Waals surface area contributed by atoms with Gasteiger partial charge in [0.2, 0.25) is 0 Å². The summed E-state index contributed by atoms with van der Waals surface area (Å²) in [5.74, 6) is 0. The Kier molecular flexibility index (Phi) is 3.03. The number of rotatable bonds is 2. The summed E-state index contributed by atoms with van der Waals surface area (Å²) in [5.41, 5.74) is 3.47. The van der Waals surface area contributed by atoms with Crippen LogP contribution in [0, 0.1) is 0 Å². The molecule has 0 atom stereocenters. The lowest BCUT2D eigenvalue weighted by molar-refractivity contribution is 0.111. The Morgan fingerprint density at radius 3 is 2.28 bits per heavy atom. The lowest BCUT2D eigenvalue weighted by atomic mass is 9.86. The molecule has 1 aromatic heterocycles. The van der Waals surface area contributed by atoms with Crippen molar-refractivity contribution < 1.29 is 4.79 Å². The summed E-state index contributed by atoms with van der Waals surface area (Å²) in [6.45, 7) is 6.51. The number of nitrogens with zero attached hydrogens (tertiary/aromatic N) is 3. The van der Waals surface area contributed by atoms with Crippen molar-refractivity contribution in [2.75, 3.05) is 0 Å². The molecule has 4 heteroatoms. The van der Waals surface area contributed by atoms with Gasteiger partial charge < -0.3 is 0 Å². The van der Waals surface area contributed by atoms with Crippen LogP contribution >= 0.6 is 0 Å². The maximum Gasteiger partial charge on any atom is 0.172 e. The molecule has 0 bridgehead atoms. The molecule has 1 heterocycles. The molecule has 2 rings (SSSR count). The Morgan fingerprint density at radius 2 is 1.78 bits per heavy atom. The maximum absolute atomic E-state index is 10.9. The molecule has 0 aliphatic heterocycles. The molecule has 0 spiro atoms. The normalized spacial score (nSPS) is 11.6. The lowest BCUT2D eigenvalue weighted by Crippen LogP contribution is -2.10. The van der Waals surface area contributed by atoms with E-state index in [9.17, 15) is 4.79 Å². The van der Waals surface area contributed by atoms with Gasteiger partial charge in [-0.05, 0) is 11.0 Å². The Balaban J connectivity index is 2.46. The molecule has 4 nitrogen and oxygen atoms in total. The third kappa shape index (κ3) is 2.18. The summed E-state index contributed by atoms with van der Waals surface area (Å²) < 4.78 is 1.62. The van der Waals surface area contributed by atoms with Gasteiger partial charge in [-0.1, -0.05) is 50.3 Å². The smallest absolute Gasteiger partial charge is 0.172 e. The van der Waals surface area contributed by atoms with E-state index in [1.807, 2.05) is 12.1 Å². The Morgan fingerprint density at radius 1 is 1.17 bits per heavy atom.